The van der Waals surface area contributed by atoms with Gasteiger partial charge in [-0.15, -0.1) is 0 Å². The molecule has 2 N–H and O–H groups in total. The maximum absolute atomic E-state index is 13.0. The molecule has 0 spiro atoms. The molecule has 0 radical (unpaired) electrons. The van der Waals surface area contributed by atoms with Crippen molar-refractivity contribution in [2.24, 2.45) is 0 Å². The number of allylic oxidation sites excluding steroid dienone is 1. The van der Waals surface area contributed by atoms with Gasteiger partial charge in [0, 0.05) is 15.7 Å². The van der Waals surface area contributed by atoms with Crippen molar-refractivity contribution in [2.75, 3.05) is 14.2 Å². The summed E-state index contributed by atoms with van der Waals surface area (Å²) in [5.41, 5.74) is 1.55. The van der Waals surface area contributed by atoms with Crippen LogP contribution in [0.2, 0.25) is 0 Å². The minimum atomic E-state index is -0.729. The van der Waals surface area contributed by atoms with E-state index in [2.05, 4.69) is 33.5 Å². The first-order valence-corrected chi connectivity index (χ1v) is 10.0. The lowest BCUT2D eigenvalue weighted by Crippen LogP contribution is -2.46. The van der Waals surface area contributed by atoms with Crippen molar-refractivity contribution in [2.45, 2.75) is 52.2 Å². The Labute approximate surface area is 173 Å². The maximum atomic E-state index is 13.0. The van der Waals surface area contributed by atoms with Gasteiger partial charge in [0.25, 0.3) is 0 Å². The number of nitrogens with one attached hydrogen (secondary N) is 2. The average Bonchev–Trinajstić information content (AvgIpc) is 2.64. The maximum Gasteiger partial charge on any atom is 0.338 e. The van der Waals surface area contributed by atoms with Crippen molar-refractivity contribution in [1.82, 2.24) is 10.6 Å². The third-order valence-corrected chi connectivity index (χ3v) is 4.74. The molecule has 0 fully saturated rings. The topological polar surface area (TPSA) is 85.9 Å². The Balaban J connectivity index is 2.66. The van der Waals surface area contributed by atoms with Crippen molar-refractivity contribution < 1.29 is 23.8 Å². The number of carbonyl (C=O) groups excluding carboxylic acids is 2. The van der Waals surface area contributed by atoms with E-state index in [1.165, 1.54) is 14.2 Å². The number of halogens is 1. The van der Waals surface area contributed by atoms with Gasteiger partial charge in [-0.25, -0.2) is 9.59 Å². The van der Waals surface area contributed by atoms with Gasteiger partial charge in [0.2, 0.25) is 0 Å². The van der Waals surface area contributed by atoms with Crippen LogP contribution in [-0.4, -0.2) is 32.3 Å². The molecule has 1 atom stereocenters. The average molecular weight is 455 g/mol. The molecule has 2 amide bonds. The van der Waals surface area contributed by atoms with Gasteiger partial charge < -0.3 is 24.8 Å². The highest BCUT2D eigenvalue weighted by Crippen LogP contribution is 2.42. The van der Waals surface area contributed by atoms with E-state index in [0.717, 1.165) is 17.3 Å². The Hall–Kier alpha value is -2.22. The SMILES string of the molecule is CCCCC1=C(C(=O)OC(C)C)C(c2cc(Br)cc(OC)c2OC)NC(=O)N1. The predicted octanol–water partition coefficient (Wildman–Crippen LogP) is 4.22. The molecule has 1 heterocycles. The van der Waals surface area contributed by atoms with E-state index in [-0.39, 0.29) is 12.1 Å². The molecule has 1 aliphatic rings. The fourth-order valence-corrected chi connectivity index (χ4v) is 3.55. The van der Waals surface area contributed by atoms with Crippen molar-refractivity contribution in [3.63, 3.8) is 0 Å². The van der Waals surface area contributed by atoms with Crippen LogP contribution < -0.4 is 20.1 Å². The summed E-state index contributed by atoms with van der Waals surface area (Å²) in [4.78, 5) is 25.3. The molecule has 2 rings (SSSR count). The van der Waals surface area contributed by atoms with E-state index < -0.39 is 12.0 Å². The normalized spacial score (nSPS) is 16.5. The molecule has 0 aliphatic carbocycles. The zero-order chi connectivity index (χ0) is 20.8. The first-order valence-electron chi connectivity index (χ1n) is 9.25. The number of esters is 1. The minimum absolute atomic E-state index is 0.287. The van der Waals surface area contributed by atoms with Crippen LogP contribution in [-0.2, 0) is 9.53 Å². The van der Waals surface area contributed by atoms with Crippen LogP contribution in [0.4, 0.5) is 4.79 Å². The third kappa shape index (κ3) is 4.98. The van der Waals surface area contributed by atoms with Crippen molar-refractivity contribution in [3.8, 4) is 11.5 Å². The van der Waals surface area contributed by atoms with Gasteiger partial charge in [0.05, 0.1) is 31.9 Å². The van der Waals surface area contributed by atoms with Gasteiger partial charge in [-0.1, -0.05) is 29.3 Å². The molecular weight excluding hydrogens is 428 g/mol. The lowest BCUT2D eigenvalue weighted by atomic mass is 9.92. The van der Waals surface area contributed by atoms with E-state index in [1.54, 1.807) is 26.0 Å². The standard InChI is InChI=1S/C20H27BrN2O5/c1-6-7-8-14-16(19(24)28-11(2)3)17(23-20(25)22-14)13-9-12(21)10-15(26-4)18(13)27-5/h9-11,17H,6-8H2,1-5H3,(H2,22,23,25). The van der Waals surface area contributed by atoms with Crippen molar-refractivity contribution in [1.29, 1.82) is 0 Å². The summed E-state index contributed by atoms with van der Waals surface area (Å²) in [6.07, 6.45) is 2.04. The number of methoxy groups -OCH3 is 2. The second kappa shape index (κ2) is 9.82. The monoisotopic (exact) mass is 454 g/mol. The van der Waals surface area contributed by atoms with Gasteiger partial charge in [-0.3, -0.25) is 0 Å². The molecule has 0 bridgehead atoms. The molecule has 0 aromatic heterocycles. The lowest BCUT2D eigenvalue weighted by Gasteiger charge is -2.31. The quantitative estimate of drug-likeness (QED) is 0.574. The number of rotatable bonds is 8. The zero-order valence-electron chi connectivity index (χ0n) is 16.8. The zero-order valence-corrected chi connectivity index (χ0v) is 18.4. The van der Waals surface area contributed by atoms with Gasteiger partial charge in [0.1, 0.15) is 0 Å². The number of ether oxygens (including phenoxy) is 3. The van der Waals surface area contributed by atoms with Crippen LogP contribution in [0.15, 0.2) is 27.9 Å². The Morgan fingerprint density at radius 3 is 2.54 bits per heavy atom. The van der Waals surface area contributed by atoms with Crippen LogP contribution in [0.3, 0.4) is 0 Å². The van der Waals surface area contributed by atoms with Gasteiger partial charge in [-0.2, -0.15) is 0 Å². The first-order chi connectivity index (χ1) is 13.3. The van der Waals surface area contributed by atoms with Crippen LogP contribution in [0, 0.1) is 0 Å². The number of amides is 2. The van der Waals surface area contributed by atoms with Gasteiger partial charge in [-0.05, 0) is 38.8 Å². The van der Waals surface area contributed by atoms with Crippen molar-refractivity contribution in [3.05, 3.63) is 33.4 Å². The highest BCUT2D eigenvalue weighted by molar-refractivity contribution is 9.10. The molecule has 154 valence electrons. The molecule has 1 unspecified atom stereocenters. The molecule has 7 nitrogen and oxygen atoms in total. The molecule has 1 aliphatic heterocycles. The van der Waals surface area contributed by atoms with Crippen LogP contribution in [0.25, 0.3) is 0 Å². The first kappa shape index (κ1) is 22.1. The number of hydrogen-bond acceptors (Lipinski definition) is 5. The summed E-state index contributed by atoms with van der Waals surface area (Å²) >= 11 is 3.46. The number of unbranched alkanes of at least 4 members (excludes halogenated alkanes) is 1. The Morgan fingerprint density at radius 1 is 1.25 bits per heavy atom. The van der Waals surface area contributed by atoms with E-state index in [0.29, 0.717) is 34.8 Å². The molecule has 1 aromatic carbocycles. The largest absolute Gasteiger partial charge is 0.493 e. The number of hydrogen-bond donors (Lipinski definition) is 2. The Morgan fingerprint density at radius 2 is 1.96 bits per heavy atom. The lowest BCUT2D eigenvalue weighted by molar-refractivity contribution is -0.143. The summed E-state index contributed by atoms with van der Waals surface area (Å²) < 4.78 is 17.2. The molecule has 1 aromatic rings. The van der Waals surface area contributed by atoms with Crippen LogP contribution in [0.1, 0.15) is 51.6 Å². The summed E-state index contributed by atoms with van der Waals surface area (Å²) in [5.74, 6) is 0.466. The number of urea groups is 1. The number of carbonyl (C=O) groups is 2. The highest BCUT2D eigenvalue weighted by Gasteiger charge is 2.36. The van der Waals surface area contributed by atoms with Gasteiger partial charge >= 0.3 is 12.0 Å². The van der Waals surface area contributed by atoms with Crippen molar-refractivity contribution >= 4 is 27.9 Å². The summed E-state index contributed by atoms with van der Waals surface area (Å²) in [5, 5.41) is 5.61. The summed E-state index contributed by atoms with van der Waals surface area (Å²) in [7, 11) is 3.05. The molecule has 0 saturated carbocycles. The molecule has 28 heavy (non-hydrogen) atoms. The fraction of sp³-hybridized carbons (Fsp3) is 0.500. The smallest absolute Gasteiger partial charge is 0.338 e. The van der Waals surface area contributed by atoms with Crippen LogP contribution >= 0.6 is 15.9 Å². The summed E-state index contributed by atoms with van der Waals surface area (Å²) in [6, 6.07) is 2.46. The molecular formula is C20H27BrN2O5. The Bertz CT molecular complexity index is 776. The molecule has 0 saturated heterocycles. The number of benzene rings is 1. The fourth-order valence-electron chi connectivity index (χ4n) is 3.09. The van der Waals surface area contributed by atoms with E-state index in [4.69, 9.17) is 14.2 Å². The third-order valence-electron chi connectivity index (χ3n) is 4.28. The van der Waals surface area contributed by atoms with E-state index in [9.17, 15) is 9.59 Å². The van der Waals surface area contributed by atoms with E-state index >= 15 is 0 Å². The van der Waals surface area contributed by atoms with E-state index in [1.807, 2.05) is 0 Å². The summed E-state index contributed by atoms with van der Waals surface area (Å²) in [6.45, 7) is 5.63. The molecule has 8 heteroatoms. The van der Waals surface area contributed by atoms with Crippen LogP contribution in [0.5, 0.6) is 11.5 Å². The Kier molecular flexibility index (Phi) is 7.74. The van der Waals surface area contributed by atoms with Gasteiger partial charge in [0.15, 0.2) is 11.5 Å². The second-order valence-electron chi connectivity index (χ2n) is 6.71. The second-order valence-corrected chi connectivity index (χ2v) is 7.63. The predicted molar refractivity (Wildman–Crippen MR) is 109 cm³/mol. The highest BCUT2D eigenvalue weighted by atomic mass is 79.9. The minimum Gasteiger partial charge on any atom is -0.493 e.